The Morgan fingerprint density at radius 3 is 2.42 bits per heavy atom. The maximum absolute atomic E-state index is 14.0. The molecule has 0 aliphatic heterocycles. The first-order valence-electron chi connectivity index (χ1n) is 5.37. The Balaban J connectivity index is 2.54. The Kier molecular flexibility index (Phi) is 4.08. The van der Waals surface area contributed by atoms with Crippen LogP contribution in [-0.4, -0.2) is 12.9 Å². The summed E-state index contributed by atoms with van der Waals surface area (Å²) in [4.78, 5) is 12.3. The van der Waals surface area contributed by atoms with Gasteiger partial charge >= 0.3 is 0 Å². The third-order valence-corrected chi connectivity index (χ3v) is 3.44. The summed E-state index contributed by atoms with van der Waals surface area (Å²) in [6, 6.07) is 8.98. The smallest absolute Gasteiger partial charge is 0.197 e. The normalized spacial score (nSPS) is 10.3. The quantitative estimate of drug-likeness (QED) is 0.787. The number of ketones is 1. The van der Waals surface area contributed by atoms with E-state index in [1.165, 1.54) is 31.4 Å². The standard InChI is InChI=1S/C14H9Cl2FO2/c1-19-11-7-3-5-9(13(11)17)14(18)8-4-2-6-10(15)12(8)16/h2-7H,1H3. The van der Waals surface area contributed by atoms with Gasteiger partial charge in [-0.25, -0.2) is 4.39 Å². The average molecular weight is 299 g/mol. The van der Waals surface area contributed by atoms with Crippen LogP contribution in [0.3, 0.4) is 0 Å². The zero-order valence-electron chi connectivity index (χ0n) is 9.91. The first-order valence-corrected chi connectivity index (χ1v) is 6.13. The van der Waals surface area contributed by atoms with E-state index in [1.54, 1.807) is 12.1 Å². The fourth-order valence-corrected chi connectivity index (χ4v) is 2.05. The molecule has 19 heavy (non-hydrogen) atoms. The van der Waals surface area contributed by atoms with Crippen molar-refractivity contribution in [3.05, 3.63) is 63.4 Å². The minimum Gasteiger partial charge on any atom is -0.494 e. The molecule has 0 unspecified atom stereocenters. The minimum atomic E-state index is -0.717. The van der Waals surface area contributed by atoms with Crippen molar-refractivity contribution in [1.29, 1.82) is 0 Å². The van der Waals surface area contributed by atoms with Gasteiger partial charge in [0.05, 0.1) is 22.7 Å². The second kappa shape index (κ2) is 5.59. The van der Waals surface area contributed by atoms with Gasteiger partial charge in [-0.15, -0.1) is 0 Å². The molecule has 0 N–H and O–H groups in total. The van der Waals surface area contributed by atoms with Crippen molar-refractivity contribution in [3.8, 4) is 5.75 Å². The lowest BCUT2D eigenvalue weighted by Crippen LogP contribution is -2.06. The summed E-state index contributed by atoms with van der Waals surface area (Å²) in [5.74, 6) is -1.25. The van der Waals surface area contributed by atoms with Gasteiger partial charge in [0, 0.05) is 5.56 Å². The molecule has 0 bridgehead atoms. The second-order valence-corrected chi connectivity index (χ2v) is 4.54. The number of carbonyl (C=O) groups excluding carboxylic acids is 1. The first-order chi connectivity index (χ1) is 9.06. The molecular weight excluding hydrogens is 290 g/mol. The van der Waals surface area contributed by atoms with E-state index >= 15 is 0 Å². The van der Waals surface area contributed by atoms with Crippen LogP contribution in [0, 0.1) is 5.82 Å². The SMILES string of the molecule is COc1cccc(C(=O)c2cccc(Cl)c2Cl)c1F. The monoisotopic (exact) mass is 298 g/mol. The zero-order valence-corrected chi connectivity index (χ0v) is 11.4. The van der Waals surface area contributed by atoms with Crippen LogP contribution in [0.1, 0.15) is 15.9 Å². The van der Waals surface area contributed by atoms with E-state index in [0.29, 0.717) is 0 Å². The molecule has 2 aromatic rings. The minimum absolute atomic E-state index is 0.00370. The van der Waals surface area contributed by atoms with Gasteiger partial charge in [0.15, 0.2) is 17.3 Å². The van der Waals surface area contributed by atoms with E-state index in [0.717, 1.165) is 0 Å². The van der Waals surface area contributed by atoms with Crippen LogP contribution in [0.25, 0.3) is 0 Å². The topological polar surface area (TPSA) is 26.3 Å². The fourth-order valence-electron chi connectivity index (χ4n) is 1.67. The molecule has 0 aliphatic carbocycles. The van der Waals surface area contributed by atoms with E-state index in [2.05, 4.69) is 0 Å². The van der Waals surface area contributed by atoms with Gasteiger partial charge < -0.3 is 4.74 Å². The largest absolute Gasteiger partial charge is 0.494 e. The maximum atomic E-state index is 14.0. The molecule has 0 amide bonds. The van der Waals surface area contributed by atoms with E-state index in [9.17, 15) is 9.18 Å². The molecule has 5 heteroatoms. The summed E-state index contributed by atoms with van der Waals surface area (Å²) in [6.07, 6.45) is 0. The highest BCUT2D eigenvalue weighted by atomic mass is 35.5. The highest BCUT2D eigenvalue weighted by molar-refractivity contribution is 6.44. The molecule has 98 valence electrons. The van der Waals surface area contributed by atoms with Gasteiger partial charge in [-0.05, 0) is 24.3 Å². The molecule has 0 saturated heterocycles. The van der Waals surface area contributed by atoms with Gasteiger partial charge in [0.25, 0.3) is 0 Å². The molecule has 0 spiro atoms. The number of benzene rings is 2. The van der Waals surface area contributed by atoms with E-state index in [-0.39, 0.29) is 26.9 Å². The lowest BCUT2D eigenvalue weighted by Gasteiger charge is -2.08. The van der Waals surface area contributed by atoms with Gasteiger partial charge in [-0.3, -0.25) is 4.79 Å². The van der Waals surface area contributed by atoms with Crippen molar-refractivity contribution >= 4 is 29.0 Å². The van der Waals surface area contributed by atoms with Gasteiger partial charge in [0.1, 0.15) is 0 Å². The lowest BCUT2D eigenvalue weighted by molar-refractivity contribution is 0.103. The van der Waals surface area contributed by atoms with Crippen LogP contribution < -0.4 is 4.74 Å². The zero-order chi connectivity index (χ0) is 14.0. The Hall–Kier alpha value is -1.58. The van der Waals surface area contributed by atoms with Crippen molar-refractivity contribution in [2.45, 2.75) is 0 Å². The predicted octanol–water partition coefficient (Wildman–Crippen LogP) is 4.37. The molecule has 0 fully saturated rings. The molecular formula is C14H9Cl2FO2. The molecule has 2 rings (SSSR count). The summed E-state index contributed by atoms with van der Waals surface area (Å²) >= 11 is 11.8. The summed E-state index contributed by atoms with van der Waals surface area (Å²) < 4.78 is 18.9. The van der Waals surface area contributed by atoms with Crippen LogP contribution in [-0.2, 0) is 0 Å². The molecule has 0 atom stereocenters. The molecule has 0 aliphatic rings. The Morgan fingerprint density at radius 1 is 1.11 bits per heavy atom. The van der Waals surface area contributed by atoms with Crippen molar-refractivity contribution in [3.63, 3.8) is 0 Å². The average Bonchev–Trinajstić information content (AvgIpc) is 2.41. The van der Waals surface area contributed by atoms with Gasteiger partial charge in [-0.1, -0.05) is 35.3 Å². The van der Waals surface area contributed by atoms with Gasteiger partial charge in [-0.2, -0.15) is 0 Å². The molecule has 2 aromatic carbocycles. The molecule has 0 radical (unpaired) electrons. The lowest BCUT2D eigenvalue weighted by atomic mass is 10.0. The molecule has 0 aromatic heterocycles. The summed E-state index contributed by atoms with van der Waals surface area (Å²) in [6.45, 7) is 0. The summed E-state index contributed by atoms with van der Waals surface area (Å²) in [5.41, 5.74) is 0.0461. The third-order valence-electron chi connectivity index (χ3n) is 2.62. The number of halogens is 3. The highest BCUT2D eigenvalue weighted by Gasteiger charge is 2.20. The van der Waals surface area contributed by atoms with Crippen LogP contribution in [0.15, 0.2) is 36.4 Å². The number of carbonyl (C=O) groups is 1. The number of hydrogen-bond donors (Lipinski definition) is 0. The van der Waals surface area contributed by atoms with E-state index < -0.39 is 11.6 Å². The summed E-state index contributed by atoms with van der Waals surface area (Å²) in [5, 5.41) is 0.354. The number of methoxy groups -OCH3 is 1. The highest BCUT2D eigenvalue weighted by Crippen LogP contribution is 2.29. The van der Waals surface area contributed by atoms with Crippen LogP contribution >= 0.6 is 23.2 Å². The number of hydrogen-bond acceptors (Lipinski definition) is 2. The van der Waals surface area contributed by atoms with Crippen molar-refractivity contribution in [2.75, 3.05) is 7.11 Å². The van der Waals surface area contributed by atoms with Crippen LogP contribution in [0.5, 0.6) is 5.75 Å². The Morgan fingerprint density at radius 2 is 1.74 bits per heavy atom. The number of rotatable bonds is 3. The van der Waals surface area contributed by atoms with E-state index in [4.69, 9.17) is 27.9 Å². The van der Waals surface area contributed by atoms with Crippen LogP contribution in [0.4, 0.5) is 4.39 Å². The molecule has 0 heterocycles. The maximum Gasteiger partial charge on any atom is 0.197 e. The Labute approximate surface area is 119 Å². The second-order valence-electron chi connectivity index (χ2n) is 3.75. The predicted molar refractivity (Wildman–Crippen MR) is 72.8 cm³/mol. The van der Waals surface area contributed by atoms with Crippen molar-refractivity contribution in [1.82, 2.24) is 0 Å². The summed E-state index contributed by atoms with van der Waals surface area (Å²) in [7, 11) is 1.33. The van der Waals surface area contributed by atoms with Crippen LogP contribution in [0.2, 0.25) is 10.0 Å². The van der Waals surface area contributed by atoms with E-state index in [1.807, 2.05) is 0 Å². The van der Waals surface area contributed by atoms with Gasteiger partial charge in [0.2, 0.25) is 0 Å². The first kappa shape index (κ1) is 13.8. The fraction of sp³-hybridized carbons (Fsp3) is 0.0714. The van der Waals surface area contributed by atoms with Crippen molar-refractivity contribution < 1.29 is 13.9 Å². The van der Waals surface area contributed by atoms with Crippen molar-refractivity contribution in [2.24, 2.45) is 0 Å². The molecule has 0 saturated carbocycles. The number of ether oxygens (including phenoxy) is 1. The third kappa shape index (κ3) is 2.57. The molecule has 2 nitrogen and oxygen atoms in total. The Bertz CT molecular complexity index is 641.